The third-order valence-corrected chi connectivity index (χ3v) is 6.28. The van der Waals surface area contributed by atoms with Gasteiger partial charge in [-0.25, -0.2) is 0 Å². The molecule has 0 aliphatic carbocycles. The van der Waals surface area contributed by atoms with Crippen LogP contribution in [0.25, 0.3) is 0 Å². The Kier molecular flexibility index (Phi) is 6.33. The van der Waals surface area contributed by atoms with E-state index in [0.717, 1.165) is 37.2 Å². The Hall–Kier alpha value is -1.72. The number of nitrogens with zero attached hydrogens (tertiary/aromatic N) is 1. The van der Waals surface area contributed by atoms with Crippen LogP contribution in [0.2, 0.25) is 5.02 Å². The summed E-state index contributed by atoms with van der Waals surface area (Å²) in [5.41, 5.74) is 3.13. The molecule has 1 aliphatic rings. The van der Waals surface area contributed by atoms with E-state index in [1.807, 2.05) is 18.2 Å². The maximum Gasteiger partial charge on any atom is 0.176 e. The van der Waals surface area contributed by atoms with Gasteiger partial charge in [0.05, 0.1) is 5.02 Å². The van der Waals surface area contributed by atoms with Crippen molar-refractivity contribution in [2.75, 3.05) is 13.1 Å². The summed E-state index contributed by atoms with van der Waals surface area (Å²) in [4.78, 5) is 3.76. The molecule has 142 valence electrons. The lowest BCUT2D eigenvalue weighted by atomic mass is 9.87. The lowest BCUT2D eigenvalue weighted by molar-refractivity contribution is 0.270. The Balaban J connectivity index is 0.00000210. The molecule has 3 aromatic rings. The first kappa shape index (κ1) is 20.0. The molecule has 27 heavy (non-hydrogen) atoms. The van der Waals surface area contributed by atoms with E-state index in [1.54, 1.807) is 17.4 Å². The average molecular weight is 422 g/mol. The summed E-state index contributed by atoms with van der Waals surface area (Å²) in [6, 6.07) is 16.2. The lowest BCUT2D eigenvalue weighted by Crippen LogP contribution is -2.28. The Labute approximate surface area is 174 Å². The second-order valence-corrected chi connectivity index (χ2v) is 8.06. The van der Waals surface area contributed by atoms with Gasteiger partial charge in [-0.05, 0) is 40.6 Å². The Bertz CT molecular complexity index is 900. The van der Waals surface area contributed by atoms with Crippen molar-refractivity contribution in [2.45, 2.75) is 18.9 Å². The van der Waals surface area contributed by atoms with E-state index in [-0.39, 0.29) is 34.8 Å². The maximum atomic E-state index is 10.1. The van der Waals surface area contributed by atoms with Crippen LogP contribution in [0.4, 0.5) is 0 Å². The fraction of sp³-hybridized carbons (Fsp3) is 0.238. The highest BCUT2D eigenvalue weighted by Gasteiger charge is 2.28. The van der Waals surface area contributed by atoms with Crippen LogP contribution < -0.4 is 0 Å². The number of phenols is 2. The number of thiophene rings is 1. The van der Waals surface area contributed by atoms with Crippen molar-refractivity contribution in [2.24, 2.45) is 0 Å². The summed E-state index contributed by atoms with van der Waals surface area (Å²) >= 11 is 8.17. The molecule has 1 aliphatic heterocycles. The van der Waals surface area contributed by atoms with Gasteiger partial charge in [-0.15, -0.1) is 23.7 Å². The molecule has 2 heterocycles. The number of hydrogen-bond donors (Lipinski definition) is 2. The highest BCUT2D eigenvalue weighted by molar-refractivity contribution is 7.09. The van der Waals surface area contributed by atoms with Gasteiger partial charge in [-0.2, -0.15) is 0 Å². The molecule has 0 saturated carbocycles. The van der Waals surface area contributed by atoms with Crippen LogP contribution in [-0.2, 0) is 13.0 Å². The monoisotopic (exact) mass is 421 g/mol. The van der Waals surface area contributed by atoms with Gasteiger partial charge in [0.25, 0.3) is 0 Å². The standard InChI is InChI=1S/C21H20ClNO2S.ClH/c22-20-16-8-9-23(12-15-7-4-10-26-15)13-18(14-5-2-1-3-6-14)17(16)11-19(24)21(20)25;/h1-7,10-11,18,24-25H,8-9,12-13H2;1H. The normalized spacial score (nSPS) is 17.0. The summed E-state index contributed by atoms with van der Waals surface area (Å²) < 4.78 is 0. The van der Waals surface area contributed by atoms with Gasteiger partial charge >= 0.3 is 0 Å². The van der Waals surface area contributed by atoms with Crippen molar-refractivity contribution in [3.63, 3.8) is 0 Å². The van der Waals surface area contributed by atoms with Crippen molar-refractivity contribution in [3.05, 3.63) is 80.5 Å². The van der Waals surface area contributed by atoms with Gasteiger partial charge in [0.15, 0.2) is 11.5 Å². The van der Waals surface area contributed by atoms with E-state index in [0.29, 0.717) is 0 Å². The molecule has 6 heteroatoms. The van der Waals surface area contributed by atoms with Crippen LogP contribution in [0.15, 0.2) is 53.9 Å². The van der Waals surface area contributed by atoms with Crippen LogP contribution in [0.5, 0.6) is 11.5 Å². The maximum absolute atomic E-state index is 10.1. The number of hydrogen-bond acceptors (Lipinski definition) is 4. The fourth-order valence-corrected chi connectivity index (χ4v) is 4.75. The molecule has 1 atom stereocenters. The number of aromatic hydroxyl groups is 2. The second kappa shape index (κ2) is 8.53. The molecule has 1 unspecified atom stereocenters. The quantitative estimate of drug-likeness (QED) is 0.554. The third-order valence-electron chi connectivity index (χ3n) is 5.01. The molecule has 3 nitrogen and oxygen atoms in total. The SMILES string of the molecule is Cl.Oc1cc2c(c(Cl)c1O)CCN(Cc1cccs1)CC2c1ccccc1. The first-order chi connectivity index (χ1) is 12.6. The van der Waals surface area contributed by atoms with E-state index in [2.05, 4.69) is 34.5 Å². The van der Waals surface area contributed by atoms with E-state index in [4.69, 9.17) is 11.6 Å². The molecular formula is C21H21Cl2NO2S. The fourth-order valence-electron chi connectivity index (χ4n) is 3.70. The second-order valence-electron chi connectivity index (χ2n) is 6.65. The Morgan fingerprint density at radius 1 is 1.11 bits per heavy atom. The largest absolute Gasteiger partial charge is 0.504 e. The number of benzene rings is 2. The zero-order chi connectivity index (χ0) is 18.1. The Morgan fingerprint density at radius 2 is 1.89 bits per heavy atom. The molecule has 0 bridgehead atoms. The van der Waals surface area contributed by atoms with E-state index >= 15 is 0 Å². The van der Waals surface area contributed by atoms with E-state index in [1.165, 1.54) is 10.4 Å². The number of halogens is 2. The smallest absolute Gasteiger partial charge is 0.176 e. The molecule has 0 fully saturated rings. The van der Waals surface area contributed by atoms with Crippen LogP contribution in [0, 0.1) is 0 Å². The van der Waals surface area contributed by atoms with Crippen molar-refractivity contribution < 1.29 is 10.2 Å². The minimum absolute atomic E-state index is 0. The molecule has 2 aromatic carbocycles. The van der Waals surface area contributed by atoms with Gasteiger partial charge < -0.3 is 10.2 Å². The summed E-state index contributed by atoms with van der Waals surface area (Å²) in [5.74, 6) is -0.275. The van der Waals surface area contributed by atoms with Crippen LogP contribution in [0.3, 0.4) is 0 Å². The highest BCUT2D eigenvalue weighted by Crippen LogP contribution is 2.43. The first-order valence-corrected chi connectivity index (χ1v) is 9.92. The zero-order valence-corrected chi connectivity index (χ0v) is 17.0. The zero-order valence-electron chi connectivity index (χ0n) is 14.6. The molecule has 0 saturated heterocycles. The minimum Gasteiger partial charge on any atom is -0.504 e. The third kappa shape index (κ3) is 4.09. The van der Waals surface area contributed by atoms with Crippen molar-refractivity contribution in [1.29, 1.82) is 0 Å². The molecule has 0 radical (unpaired) electrons. The molecule has 4 rings (SSSR count). The van der Waals surface area contributed by atoms with Crippen LogP contribution in [-0.4, -0.2) is 28.2 Å². The van der Waals surface area contributed by atoms with Gasteiger partial charge in [0.1, 0.15) is 0 Å². The van der Waals surface area contributed by atoms with E-state index < -0.39 is 0 Å². The predicted octanol–water partition coefficient (Wildman–Crippen LogP) is 5.42. The van der Waals surface area contributed by atoms with Crippen LogP contribution in [0.1, 0.15) is 27.5 Å². The predicted molar refractivity (Wildman–Crippen MR) is 114 cm³/mol. The molecular weight excluding hydrogens is 401 g/mol. The highest BCUT2D eigenvalue weighted by atomic mass is 35.5. The van der Waals surface area contributed by atoms with Gasteiger partial charge in [0.2, 0.25) is 0 Å². The summed E-state index contributed by atoms with van der Waals surface area (Å²) in [6.07, 6.45) is 0.747. The number of rotatable bonds is 3. The molecule has 2 N–H and O–H groups in total. The lowest BCUT2D eigenvalue weighted by Gasteiger charge is -2.25. The minimum atomic E-state index is -0.219. The molecule has 0 amide bonds. The van der Waals surface area contributed by atoms with Gasteiger partial charge in [0, 0.05) is 30.4 Å². The van der Waals surface area contributed by atoms with Crippen molar-refractivity contribution in [3.8, 4) is 11.5 Å². The number of phenolic OH excluding ortho intramolecular Hbond substituents is 2. The van der Waals surface area contributed by atoms with Gasteiger partial charge in [-0.3, -0.25) is 4.90 Å². The average Bonchev–Trinajstić information content (AvgIpc) is 3.10. The first-order valence-electron chi connectivity index (χ1n) is 8.66. The topological polar surface area (TPSA) is 43.7 Å². The van der Waals surface area contributed by atoms with Crippen molar-refractivity contribution >= 4 is 35.3 Å². The summed E-state index contributed by atoms with van der Waals surface area (Å²) in [6.45, 7) is 2.60. The summed E-state index contributed by atoms with van der Waals surface area (Å²) in [7, 11) is 0. The Morgan fingerprint density at radius 3 is 2.59 bits per heavy atom. The van der Waals surface area contributed by atoms with E-state index in [9.17, 15) is 10.2 Å². The van der Waals surface area contributed by atoms with Crippen molar-refractivity contribution in [1.82, 2.24) is 4.90 Å². The summed E-state index contributed by atoms with van der Waals surface area (Å²) in [5, 5.41) is 22.6. The molecule has 1 aromatic heterocycles. The number of fused-ring (bicyclic) bond motifs is 1. The molecule has 0 spiro atoms. The van der Waals surface area contributed by atoms with Gasteiger partial charge in [-0.1, -0.05) is 48.0 Å². The van der Waals surface area contributed by atoms with Crippen LogP contribution >= 0.6 is 35.3 Å².